The molecule has 122 valence electrons. The highest BCUT2D eigenvalue weighted by molar-refractivity contribution is 6.01. The molecule has 0 aliphatic carbocycles. The lowest BCUT2D eigenvalue weighted by molar-refractivity contribution is -0.122. The van der Waals surface area contributed by atoms with E-state index in [1.165, 1.54) is 6.33 Å². The van der Waals surface area contributed by atoms with Crippen LogP contribution in [0.4, 0.5) is 0 Å². The smallest absolute Gasteiger partial charge is 0.183 e. The number of aromatic amines is 1. The standard InChI is InChI=1S/C18H19N5O/c1-18(2,3)16(24)13(19)8-11-4-6-12(7-5-11)14-15-17(22-9-20-14)23-10-21-15/h4-10H,19H2,1-3H3,(H,20,21,22,23)/b13-8-. The Balaban J connectivity index is 1.92. The second-order valence-corrected chi connectivity index (χ2v) is 6.62. The Hall–Kier alpha value is -3.02. The van der Waals surface area contributed by atoms with Crippen molar-refractivity contribution in [3.63, 3.8) is 0 Å². The van der Waals surface area contributed by atoms with E-state index in [-0.39, 0.29) is 11.5 Å². The normalized spacial score (nSPS) is 12.5. The van der Waals surface area contributed by atoms with Crippen molar-refractivity contribution in [3.05, 3.63) is 48.2 Å². The molecular formula is C18H19N5O. The lowest BCUT2D eigenvalue weighted by atomic mass is 9.88. The number of ketones is 1. The molecule has 0 unspecified atom stereocenters. The van der Waals surface area contributed by atoms with Crippen LogP contribution in [0.15, 0.2) is 42.6 Å². The molecule has 0 radical (unpaired) electrons. The summed E-state index contributed by atoms with van der Waals surface area (Å²) in [6.07, 6.45) is 4.80. The quantitative estimate of drug-likeness (QED) is 0.723. The molecule has 0 fully saturated rings. The van der Waals surface area contributed by atoms with Crippen LogP contribution in [0, 0.1) is 5.41 Å². The van der Waals surface area contributed by atoms with Gasteiger partial charge in [0, 0.05) is 11.0 Å². The number of fused-ring (bicyclic) bond motifs is 1. The summed E-state index contributed by atoms with van der Waals surface area (Å²) in [5, 5.41) is 0. The van der Waals surface area contributed by atoms with Crippen molar-refractivity contribution in [2.45, 2.75) is 20.8 Å². The van der Waals surface area contributed by atoms with E-state index < -0.39 is 5.41 Å². The fraction of sp³-hybridized carbons (Fsp3) is 0.222. The number of benzene rings is 1. The van der Waals surface area contributed by atoms with Crippen molar-refractivity contribution in [1.82, 2.24) is 19.9 Å². The van der Waals surface area contributed by atoms with E-state index in [2.05, 4.69) is 19.9 Å². The summed E-state index contributed by atoms with van der Waals surface area (Å²) >= 11 is 0. The van der Waals surface area contributed by atoms with Gasteiger partial charge in [-0.25, -0.2) is 15.0 Å². The molecule has 2 heterocycles. The zero-order chi connectivity index (χ0) is 17.3. The molecule has 6 heteroatoms. The maximum absolute atomic E-state index is 12.2. The lowest BCUT2D eigenvalue weighted by Gasteiger charge is -2.16. The molecule has 0 spiro atoms. The van der Waals surface area contributed by atoms with Crippen LogP contribution in [0.25, 0.3) is 28.5 Å². The minimum absolute atomic E-state index is 0.0689. The van der Waals surface area contributed by atoms with Gasteiger partial charge in [-0.3, -0.25) is 4.79 Å². The van der Waals surface area contributed by atoms with E-state index in [1.54, 1.807) is 12.4 Å². The van der Waals surface area contributed by atoms with Gasteiger partial charge in [0.05, 0.1) is 12.0 Å². The second-order valence-electron chi connectivity index (χ2n) is 6.62. The number of carbonyl (C=O) groups excluding carboxylic acids is 1. The van der Waals surface area contributed by atoms with Crippen LogP contribution in [0.3, 0.4) is 0 Å². The van der Waals surface area contributed by atoms with E-state index in [0.29, 0.717) is 5.65 Å². The van der Waals surface area contributed by atoms with Gasteiger partial charge < -0.3 is 10.7 Å². The Morgan fingerprint density at radius 2 is 1.83 bits per heavy atom. The SMILES string of the molecule is CC(C)(C)C(=O)/C(N)=C/c1ccc(-c2ncnc3[nH]cnc23)cc1. The van der Waals surface area contributed by atoms with E-state index in [0.717, 1.165) is 22.3 Å². The van der Waals surface area contributed by atoms with Crippen molar-refractivity contribution in [2.75, 3.05) is 0 Å². The summed E-state index contributed by atoms with van der Waals surface area (Å²) in [6, 6.07) is 7.66. The van der Waals surface area contributed by atoms with Gasteiger partial charge in [-0.1, -0.05) is 45.0 Å². The number of carbonyl (C=O) groups is 1. The van der Waals surface area contributed by atoms with Crippen LogP contribution in [0.5, 0.6) is 0 Å². The molecule has 3 aromatic rings. The van der Waals surface area contributed by atoms with Crippen LogP contribution in [-0.2, 0) is 4.79 Å². The molecule has 6 nitrogen and oxygen atoms in total. The van der Waals surface area contributed by atoms with Gasteiger partial charge in [0.2, 0.25) is 0 Å². The molecule has 0 atom stereocenters. The van der Waals surface area contributed by atoms with E-state index in [9.17, 15) is 4.79 Å². The van der Waals surface area contributed by atoms with E-state index in [1.807, 2.05) is 45.0 Å². The number of imidazole rings is 1. The van der Waals surface area contributed by atoms with Gasteiger partial charge >= 0.3 is 0 Å². The third-order valence-electron chi connectivity index (χ3n) is 3.67. The Morgan fingerprint density at radius 3 is 2.50 bits per heavy atom. The zero-order valence-corrected chi connectivity index (χ0v) is 13.9. The molecule has 0 aliphatic heterocycles. The number of hydrogen-bond acceptors (Lipinski definition) is 5. The number of Topliss-reactive ketones (excluding diaryl/α,β-unsaturated/α-hetero) is 1. The van der Waals surface area contributed by atoms with Crippen LogP contribution in [0.2, 0.25) is 0 Å². The Morgan fingerprint density at radius 1 is 1.12 bits per heavy atom. The van der Waals surface area contributed by atoms with Gasteiger partial charge in [0.1, 0.15) is 17.5 Å². The first-order chi connectivity index (χ1) is 11.4. The number of nitrogens with one attached hydrogen (secondary N) is 1. The monoisotopic (exact) mass is 321 g/mol. The van der Waals surface area contributed by atoms with Crippen LogP contribution >= 0.6 is 0 Å². The van der Waals surface area contributed by atoms with E-state index in [4.69, 9.17) is 5.73 Å². The highest BCUT2D eigenvalue weighted by Crippen LogP contribution is 2.24. The summed E-state index contributed by atoms with van der Waals surface area (Å²) in [5.74, 6) is -0.0689. The van der Waals surface area contributed by atoms with Crippen molar-refractivity contribution < 1.29 is 4.79 Å². The third-order valence-corrected chi connectivity index (χ3v) is 3.67. The van der Waals surface area contributed by atoms with Crippen molar-refractivity contribution >= 4 is 23.0 Å². The molecule has 0 saturated heterocycles. The molecule has 0 saturated carbocycles. The van der Waals surface area contributed by atoms with Crippen molar-refractivity contribution in [1.29, 1.82) is 0 Å². The zero-order valence-electron chi connectivity index (χ0n) is 13.9. The number of nitrogens with two attached hydrogens (primary N) is 1. The maximum atomic E-state index is 12.2. The minimum Gasteiger partial charge on any atom is -0.396 e. The number of hydrogen-bond donors (Lipinski definition) is 2. The summed E-state index contributed by atoms with van der Waals surface area (Å²) in [4.78, 5) is 27.8. The molecule has 3 rings (SSSR count). The van der Waals surface area contributed by atoms with Gasteiger partial charge in [-0.05, 0) is 11.6 Å². The highest BCUT2D eigenvalue weighted by atomic mass is 16.1. The first-order valence-electron chi connectivity index (χ1n) is 7.63. The number of nitrogens with zero attached hydrogens (tertiary/aromatic N) is 3. The molecule has 0 bridgehead atoms. The Labute approximate surface area is 139 Å². The molecular weight excluding hydrogens is 302 g/mol. The molecule has 24 heavy (non-hydrogen) atoms. The van der Waals surface area contributed by atoms with E-state index >= 15 is 0 Å². The number of rotatable bonds is 3. The van der Waals surface area contributed by atoms with Crippen molar-refractivity contribution in [2.24, 2.45) is 11.1 Å². The summed E-state index contributed by atoms with van der Waals surface area (Å²) in [7, 11) is 0. The summed E-state index contributed by atoms with van der Waals surface area (Å²) < 4.78 is 0. The maximum Gasteiger partial charge on any atom is 0.183 e. The lowest BCUT2D eigenvalue weighted by Crippen LogP contribution is -2.25. The molecule has 2 aromatic heterocycles. The number of H-pyrrole nitrogens is 1. The first kappa shape index (κ1) is 15.9. The predicted octanol–water partition coefficient (Wildman–Crippen LogP) is 2.93. The fourth-order valence-electron chi connectivity index (χ4n) is 2.39. The molecule has 0 aliphatic rings. The Kier molecular flexibility index (Phi) is 3.89. The highest BCUT2D eigenvalue weighted by Gasteiger charge is 2.23. The fourth-order valence-corrected chi connectivity index (χ4v) is 2.39. The van der Waals surface area contributed by atoms with Crippen molar-refractivity contribution in [3.8, 4) is 11.3 Å². The third kappa shape index (κ3) is 3.03. The molecule has 1 aromatic carbocycles. The average Bonchev–Trinajstić information content (AvgIpc) is 3.02. The largest absolute Gasteiger partial charge is 0.396 e. The number of aromatic nitrogens is 4. The second kappa shape index (κ2) is 5.88. The van der Waals surface area contributed by atoms with Gasteiger partial charge in [-0.15, -0.1) is 0 Å². The predicted molar refractivity (Wildman–Crippen MR) is 93.7 cm³/mol. The molecule has 0 amide bonds. The molecule has 3 N–H and O–H groups in total. The number of allylic oxidation sites excluding steroid dienone is 1. The first-order valence-corrected chi connectivity index (χ1v) is 7.63. The van der Waals surface area contributed by atoms with Gasteiger partial charge in [-0.2, -0.15) is 0 Å². The topological polar surface area (TPSA) is 97.5 Å². The average molecular weight is 321 g/mol. The Bertz CT molecular complexity index is 916. The van der Waals surface area contributed by atoms with Crippen LogP contribution in [0.1, 0.15) is 26.3 Å². The summed E-state index contributed by atoms with van der Waals surface area (Å²) in [5.41, 5.74) is 9.65. The van der Waals surface area contributed by atoms with Crippen LogP contribution < -0.4 is 5.73 Å². The van der Waals surface area contributed by atoms with Gasteiger partial charge in [0.15, 0.2) is 11.4 Å². The van der Waals surface area contributed by atoms with Gasteiger partial charge in [0.25, 0.3) is 0 Å². The van der Waals surface area contributed by atoms with Crippen LogP contribution in [-0.4, -0.2) is 25.7 Å². The minimum atomic E-state index is -0.493. The summed E-state index contributed by atoms with van der Waals surface area (Å²) in [6.45, 7) is 5.55.